The topological polar surface area (TPSA) is 29.5 Å². The van der Waals surface area contributed by atoms with Crippen LogP contribution in [0, 0.1) is 5.82 Å². The fourth-order valence-corrected chi connectivity index (χ4v) is 2.04. The smallest absolute Gasteiger partial charge is 0.165 e. The molecule has 100 valence electrons. The highest BCUT2D eigenvalue weighted by molar-refractivity contribution is 6.30. The van der Waals surface area contributed by atoms with Gasteiger partial charge in [0.15, 0.2) is 11.6 Å². The molecule has 2 aromatic rings. The van der Waals surface area contributed by atoms with E-state index in [2.05, 4.69) is 0 Å². The Morgan fingerprint density at radius 3 is 2.21 bits per heavy atom. The summed E-state index contributed by atoms with van der Waals surface area (Å²) in [4.78, 5) is 0. The Morgan fingerprint density at radius 1 is 1.11 bits per heavy atom. The molecule has 0 bridgehead atoms. The molecule has 2 nitrogen and oxygen atoms in total. The summed E-state index contributed by atoms with van der Waals surface area (Å²) < 4.78 is 18.6. The minimum atomic E-state index is -1.29. The maximum absolute atomic E-state index is 13.7. The molecule has 0 radical (unpaired) electrons. The SMILES string of the molecule is COc1ccc(C(C)(O)c2ccc(Cl)cc2)cc1F. The maximum atomic E-state index is 13.7. The van der Waals surface area contributed by atoms with Gasteiger partial charge >= 0.3 is 0 Å². The van der Waals surface area contributed by atoms with Crippen molar-refractivity contribution in [3.05, 3.63) is 64.4 Å². The zero-order valence-corrected chi connectivity index (χ0v) is 11.4. The third-order valence-corrected chi connectivity index (χ3v) is 3.37. The zero-order chi connectivity index (χ0) is 14.0. The van der Waals surface area contributed by atoms with Gasteiger partial charge in [-0.1, -0.05) is 29.8 Å². The van der Waals surface area contributed by atoms with Crippen LogP contribution in [-0.4, -0.2) is 12.2 Å². The average molecular weight is 281 g/mol. The lowest BCUT2D eigenvalue weighted by molar-refractivity contribution is 0.102. The van der Waals surface area contributed by atoms with E-state index in [1.165, 1.54) is 19.2 Å². The summed E-state index contributed by atoms with van der Waals surface area (Å²) in [5.41, 5.74) is -0.202. The molecule has 2 rings (SSSR count). The van der Waals surface area contributed by atoms with E-state index in [4.69, 9.17) is 16.3 Å². The molecular weight excluding hydrogens is 267 g/mol. The molecule has 0 heterocycles. The number of hydrogen-bond acceptors (Lipinski definition) is 2. The van der Waals surface area contributed by atoms with Crippen molar-refractivity contribution in [2.24, 2.45) is 0 Å². The summed E-state index contributed by atoms with van der Waals surface area (Å²) in [6.07, 6.45) is 0. The fraction of sp³-hybridized carbons (Fsp3) is 0.200. The summed E-state index contributed by atoms with van der Waals surface area (Å²) in [5, 5.41) is 11.2. The van der Waals surface area contributed by atoms with Gasteiger partial charge in [0.2, 0.25) is 0 Å². The van der Waals surface area contributed by atoms with Crippen LogP contribution in [0.2, 0.25) is 5.02 Å². The zero-order valence-electron chi connectivity index (χ0n) is 10.7. The number of rotatable bonds is 3. The highest BCUT2D eigenvalue weighted by atomic mass is 35.5. The predicted octanol–water partition coefficient (Wildman–Crippen LogP) is 3.74. The first-order valence-electron chi connectivity index (χ1n) is 5.77. The summed E-state index contributed by atoms with van der Waals surface area (Å²) in [6, 6.07) is 11.2. The standard InChI is InChI=1S/C15H14ClFO2/c1-15(18,10-3-6-12(16)7-4-10)11-5-8-14(19-2)13(17)9-11/h3-9,18H,1-2H3. The fourth-order valence-electron chi connectivity index (χ4n) is 1.91. The van der Waals surface area contributed by atoms with E-state index in [1.807, 2.05) is 0 Å². The number of halogens is 2. The summed E-state index contributed by atoms with van der Waals surface area (Å²) >= 11 is 5.81. The van der Waals surface area contributed by atoms with E-state index >= 15 is 0 Å². The monoisotopic (exact) mass is 280 g/mol. The number of ether oxygens (including phenoxy) is 1. The molecule has 0 amide bonds. The molecule has 1 unspecified atom stereocenters. The van der Waals surface area contributed by atoms with Crippen LogP contribution in [0.3, 0.4) is 0 Å². The lowest BCUT2D eigenvalue weighted by Gasteiger charge is -2.25. The first kappa shape index (κ1) is 13.8. The third kappa shape index (κ3) is 2.72. The first-order chi connectivity index (χ1) is 8.95. The minimum Gasteiger partial charge on any atom is -0.494 e. The van der Waals surface area contributed by atoms with Gasteiger partial charge in [-0.15, -0.1) is 0 Å². The van der Waals surface area contributed by atoms with Crippen molar-refractivity contribution in [3.8, 4) is 5.75 Å². The van der Waals surface area contributed by atoms with Gasteiger partial charge in [-0.05, 0) is 42.3 Å². The molecule has 0 aliphatic heterocycles. The van der Waals surface area contributed by atoms with E-state index in [0.717, 1.165) is 0 Å². The molecule has 0 saturated carbocycles. The van der Waals surface area contributed by atoms with Crippen LogP contribution < -0.4 is 4.74 Å². The normalized spacial score (nSPS) is 13.9. The predicted molar refractivity (Wildman–Crippen MR) is 73.1 cm³/mol. The Hall–Kier alpha value is -1.58. The van der Waals surface area contributed by atoms with Crippen LogP contribution in [0.15, 0.2) is 42.5 Å². The molecule has 2 aromatic carbocycles. The molecule has 0 spiro atoms. The van der Waals surface area contributed by atoms with Gasteiger partial charge in [-0.25, -0.2) is 4.39 Å². The largest absolute Gasteiger partial charge is 0.494 e. The van der Waals surface area contributed by atoms with Crippen LogP contribution in [0.25, 0.3) is 0 Å². The van der Waals surface area contributed by atoms with Crippen molar-refractivity contribution in [1.82, 2.24) is 0 Å². The molecule has 19 heavy (non-hydrogen) atoms. The second-order valence-corrected chi connectivity index (χ2v) is 4.86. The number of methoxy groups -OCH3 is 1. The van der Waals surface area contributed by atoms with Crippen LogP contribution in [0.5, 0.6) is 5.75 Å². The molecule has 0 aliphatic carbocycles. The van der Waals surface area contributed by atoms with Crippen LogP contribution in [0.1, 0.15) is 18.1 Å². The molecule has 0 fully saturated rings. The third-order valence-electron chi connectivity index (χ3n) is 3.12. The van der Waals surface area contributed by atoms with Gasteiger partial charge in [0.05, 0.1) is 7.11 Å². The molecule has 0 saturated heterocycles. The Kier molecular flexibility index (Phi) is 3.78. The number of aliphatic hydroxyl groups is 1. The van der Waals surface area contributed by atoms with Gasteiger partial charge in [-0.2, -0.15) is 0 Å². The lowest BCUT2D eigenvalue weighted by Crippen LogP contribution is -2.22. The lowest BCUT2D eigenvalue weighted by atomic mass is 9.88. The van der Waals surface area contributed by atoms with Crippen LogP contribution >= 0.6 is 11.6 Å². The van der Waals surface area contributed by atoms with E-state index < -0.39 is 11.4 Å². The molecular formula is C15H14ClFO2. The van der Waals surface area contributed by atoms with Crippen molar-refractivity contribution in [3.63, 3.8) is 0 Å². The molecule has 0 aromatic heterocycles. The number of hydrogen-bond donors (Lipinski definition) is 1. The molecule has 1 atom stereocenters. The molecule has 1 N–H and O–H groups in total. The second kappa shape index (κ2) is 5.19. The highest BCUT2D eigenvalue weighted by Crippen LogP contribution is 2.32. The molecule has 0 aliphatic rings. The van der Waals surface area contributed by atoms with Crippen molar-refractivity contribution in [2.45, 2.75) is 12.5 Å². The van der Waals surface area contributed by atoms with Gasteiger partial charge < -0.3 is 9.84 Å². The Morgan fingerprint density at radius 2 is 1.68 bits per heavy atom. The second-order valence-electron chi connectivity index (χ2n) is 4.43. The van der Waals surface area contributed by atoms with E-state index in [9.17, 15) is 9.50 Å². The van der Waals surface area contributed by atoms with E-state index in [1.54, 1.807) is 37.3 Å². The van der Waals surface area contributed by atoms with Crippen molar-refractivity contribution < 1.29 is 14.2 Å². The Labute approximate surface area is 116 Å². The van der Waals surface area contributed by atoms with Gasteiger partial charge in [0.25, 0.3) is 0 Å². The highest BCUT2D eigenvalue weighted by Gasteiger charge is 2.26. The van der Waals surface area contributed by atoms with E-state index in [-0.39, 0.29) is 5.75 Å². The van der Waals surface area contributed by atoms with Crippen LogP contribution in [-0.2, 0) is 5.60 Å². The summed E-state index contributed by atoms with van der Waals surface area (Å²) in [5.74, 6) is -0.357. The van der Waals surface area contributed by atoms with Gasteiger partial charge in [0.1, 0.15) is 5.60 Å². The first-order valence-corrected chi connectivity index (χ1v) is 6.15. The van der Waals surface area contributed by atoms with E-state index in [0.29, 0.717) is 16.1 Å². The van der Waals surface area contributed by atoms with Gasteiger partial charge in [0, 0.05) is 5.02 Å². The Bertz CT molecular complexity index is 579. The van der Waals surface area contributed by atoms with Gasteiger partial charge in [-0.3, -0.25) is 0 Å². The van der Waals surface area contributed by atoms with Crippen LogP contribution in [0.4, 0.5) is 4.39 Å². The quantitative estimate of drug-likeness (QED) is 0.928. The molecule has 4 heteroatoms. The number of benzene rings is 2. The average Bonchev–Trinajstić information content (AvgIpc) is 2.39. The summed E-state index contributed by atoms with van der Waals surface area (Å²) in [7, 11) is 1.40. The minimum absolute atomic E-state index is 0.149. The van der Waals surface area contributed by atoms with Crippen molar-refractivity contribution in [2.75, 3.05) is 7.11 Å². The van der Waals surface area contributed by atoms with Crippen molar-refractivity contribution >= 4 is 11.6 Å². The summed E-state index contributed by atoms with van der Waals surface area (Å²) in [6.45, 7) is 1.61. The van der Waals surface area contributed by atoms with Crippen molar-refractivity contribution in [1.29, 1.82) is 0 Å². The maximum Gasteiger partial charge on any atom is 0.165 e. The Balaban J connectivity index is 2.43.